The Labute approximate surface area is 166 Å². The second kappa shape index (κ2) is 10.8. The van der Waals surface area contributed by atoms with Crippen molar-refractivity contribution in [2.24, 2.45) is 16.3 Å². The summed E-state index contributed by atoms with van der Waals surface area (Å²) in [6, 6.07) is 0. The second-order valence-electron chi connectivity index (χ2n) is 7.97. The fourth-order valence-corrected chi connectivity index (χ4v) is 4.47. The van der Waals surface area contributed by atoms with E-state index in [1.54, 1.807) is 0 Å². The van der Waals surface area contributed by atoms with Crippen LogP contribution in [0.1, 0.15) is 59.3 Å². The summed E-state index contributed by atoms with van der Waals surface area (Å²) < 4.78 is 0. The third kappa shape index (κ3) is 6.36. The van der Waals surface area contributed by atoms with Gasteiger partial charge in [0.05, 0.1) is 0 Å². The van der Waals surface area contributed by atoms with Crippen molar-refractivity contribution in [2.75, 3.05) is 46.3 Å². The van der Waals surface area contributed by atoms with Gasteiger partial charge < -0.3 is 15.1 Å². The van der Waals surface area contributed by atoms with Crippen molar-refractivity contribution in [2.45, 2.75) is 59.3 Å². The average Bonchev–Trinajstić information content (AvgIpc) is 2.96. The number of halogens is 1. The van der Waals surface area contributed by atoms with Crippen molar-refractivity contribution < 1.29 is 0 Å². The summed E-state index contributed by atoms with van der Waals surface area (Å²) in [6.07, 6.45) is 7.87. The molecule has 2 atom stereocenters. The van der Waals surface area contributed by atoms with Gasteiger partial charge in [-0.25, -0.2) is 0 Å². The summed E-state index contributed by atoms with van der Waals surface area (Å²) in [5.74, 6) is 1.91. The van der Waals surface area contributed by atoms with E-state index in [-0.39, 0.29) is 24.0 Å². The molecule has 2 unspecified atom stereocenters. The molecule has 0 aromatic heterocycles. The molecule has 0 aromatic rings. The summed E-state index contributed by atoms with van der Waals surface area (Å²) in [4.78, 5) is 9.67. The van der Waals surface area contributed by atoms with E-state index < -0.39 is 0 Å². The van der Waals surface area contributed by atoms with Crippen LogP contribution in [0.5, 0.6) is 0 Å². The van der Waals surface area contributed by atoms with E-state index in [2.05, 4.69) is 40.9 Å². The van der Waals surface area contributed by atoms with Crippen molar-refractivity contribution in [1.29, 1.82) is 0 Å². The van der Waals surface area contributed by atoms with Crippen molar-refractivity contribution >= 4 is 29.9 Å². The molecule has 2 rings (SSSR count). The van der Waals surface area contributed by atoms with Gasteiger partial charge in [-0.2, -0.15) is 0 Å². The molecule has 0 saturated carbocycles. The van der Waals surface area contributed by atoms with Crippen molar-refractivity contribution in [3.05, 3.63) is 0 Å². The van der Waals surface area contributed by atoms with Crippen LogP contribution >= 0.6 is 24.0 Å². The Balaban J connectivity index is 0.00000288. The third-order valence-electron chi connectivity index (χ3n) is 5.60. The average molecular weight is 450 g/mol. The van der Waals surface area contributed by atoms with E-state index in [4.69, 9.17) is 0 Å². The quantitative estimate of drug-likeness (QED) is 0.379. The zero-order chi connectivity index (χ0) is 16.7. The highest BCUT2D eigenvalue weighted by molar-refractivity contribution is 14.0. The number of piperidine rings is 1. The molecule has 24 heavy (non-hydrogen) atoms. The lowest BCUT2D eigenvalue weighted by Crippen LogP contribution is -2.50. The normalized spacial score (nSPS) is 28.8. The maximum atomic E-state index is 4.57. The molecule has 2 aliphatic rings. The Bertz CT molecular complexity index is 384. The van der Waals surface area contributed by atoms with Crippen LogP contribution in [0.4, 0.5) is 0 Å². The number of hydrogen-bond donors (Lipinski definition) is 1. The summed E-state index contributed by atoms with van der Waals surface area (Å²) in [5, 5.41) is 3.67. The first-order chi connectivity index (χ1) is 11.1. The zero-order valence-electron chi connectivity index (χ0n) is 16.3. The summed E-state index contributed by atoms with van der Waals surface area (Å²) in [7, 11) is 1.94. The van der Waals surface area contributed by atoms with Gasteiger partial charge in [-0.3, -0.25) is 4.99 Å². The number of nitrogens with zero attached hydrogens (tertiary/aromatic N) is 3. The Hall–Kier alpha value is -0.0400. The first-order valence-corrected chi connectivity index (χ1v) is 9.78. The maximum Gasteiger partial charge on any atom is 0.193 e. The minimum absolute atomic E-state index is 0. The van der Waals surface area contributed by atoms with Gasteiger partial charge in [-0.05, 0) is 56.5 Å². The number of hydrogen-bond acceptors (Lipinski definition) is 2. The number of nitrogens with one attached hydrogen (secondary N) is 1. The van der Waals surface area contributed by atoms with Crippen LogP contribution in [0, 0.1) is 11.3 Å². The molecule has 1 N–H and O–H groups in total. The van der Waals surface area contributed by atoms with E-state index in [1.807, 2.05) is 7.05 Å². The fourth-order valence-electron chi connectivity index (χ4n) is 4.47. The van der Waals surface area contributed by atoms with Crippen LogP contribution in [0.25, 0.3) is 0 Å². The second-order valence-corrected chi connectivity index (χ2v) is 7.97. The highest BCUT2D eigenvalue weighted by Crippen LogP contribution is 2.33. The molecular formula is C19H39IN4. The SMILES string of the molecule is CCCN1CCC(CNC(=NC)N2CCCC(C)(CCC)C2)C1.I. The molecule has 2 saturated heterocycles. The van der Waals surface area contributed by atoms with E-state index >= 15 is 0 Å². The van der Waals surface area contributed by atoms with Crippen LogP contribution in [0.3, 0.4) is 0 Å². The molecule has 0 amide bonds. The standard InChI is InChI=1S/C19H38N4.HI/c1-5-9-19(3)10-7-12-23(16-19)18(20-4)21-14-17-8-13-22(15-17)11-6-2;/h17H,5-16H2,1-4H3,(H,20,21);1H. The smallest absolute Gasteiger partial charge is 0.193 e. The van der Waals surface area contributed by atoms with E-state index in [1.165, 1.54) is 58.2 Å². The minimum Gasteiger partial charge on any atom is -0.356 e. The zero-order valence-corrected chi connectivity index (χ0v) is 18.6. The van der Waals surface area contributed by atoms with Crippen LogP contribution in [0.2, 0.25) is 0 Å². The van der Waals surface area contributed by atoms with E-state index in [0.29, 0.717) is 5.41 Å². The van der Waals surface area contributed by atoms with E-state index in [0.717, 1.165) is 31.5 Å². The van der Waals surface area contributed by atoms with Crippen LogP contribution in [-0.4, -0.2) is 62.1 Å². The van der Waals surface area contributed by atoms with Gasteiger partial charge in [-0.1, -0.05) is 27.2 Å². The number of rotatable bonds is 6. The van der Waals surface area contributed by atoms with Gasteiger partial charge >= 0.3 is 0 Å². The molecule has 0 radical (unpaired) electrons. The van der Waals surface area contributed by atoms with Gasteiger partial charge in [0.1, 0.15) is 0 Å². The topological polar surface area (TPSA) is 30.9 Å². The number of likely N-dealkylation sites (tertiary alicyclic amines) is 2. The molecule has 4 nitrogen and oxygen atoms in total. The molecule has 2 aliphatic heterocycles. The lowest BCUT2D eigenvalue weighted by atomic mass is 9.78. The predicted octanol–water partition coefficient (Wildman–Crippen LogP) is 3.81. The summed E-state index contributed by atoms with van der Waals surface area (Å²) in [6.45, 7) is 14.2. The molecule has 0 bridgehead atoms. The van der Waals surface area contributed by atoms with Gasteiger partial charge in [-0.15, -0.1) is 24.0 Å². The van der Waals surface area contributed by atoms with Crippen LogP contribution < -0.4 is 5.32 Å². The lowest BCUT2D eigenvalue weighted by Gasteiger charge is -2.42. The Kier molecular flexibility index (Phi) is 9.94. The van der Waals surface area contributed by atoms with Gasteiger partial charge in [0, 0.05) is 33.2 Å². The Morgan fingerprint density at radius 3 is 2.71 bits per heavy atom. The number of guanidine groups is 1. The lowest BCUT2D eigenvalue weighted by molar-refractivity contribution is 0.142. The third-order valence-corrected chi connectivity index (χ3v) is 5.60. The highest BCUT2D eigenvalue weighted by atomic mass is 127. The molecule has 142 valence electrons. The molecule has 0 spiro atoms. The largest absolute Gasteiger partial charge is 0.356 e. The predicted molar refractivity (Wildman–Crippen MR) is 115 cm³/mol. The monoisotopic (exact) mass is 450 g/mol. The van der Waals surface area contributed by atoms with Crippen molar-refractivity contribution in [3.8, 4) is 0 Å². The van der Waals surface area contributed by atoms with Crippen LogP contribution in [-0.2, 0) is 0 Å². The molecule has 0 aliphatic carbocycles. The first-order valence-electron chi connectivity index (χ1n) is 9.78. The molecule has 2 heterocycles. The Morgan fingerprint density at radius 2 is 2.04 bits per heavy atom. The number of aliphatic imine (C=N–C) groups is 1. The van der Waals surface area contributed by atoms with Gasteiger partial charge in [0.15, 0.2) is 5.96 Å². The molecule has 0 aromatic carbocycles. The van der Waals surface area contributed by atoms with Gasteiger partial charge in [0.25, 0.3) is 0 Å². The fraction of sp³-hybridized carbons (Fsp3) is 0.947. The van der Waals surface area contributed by atoms with E-state index in [9.17, 15) is 0 Å². The summed E-state index contributed by atoms with van der Waals surface area (Å²) >= 11 is 0. The highest BCUT2D eigenvalue weighted by Gasteiger charge is 2.31. The van der Waals surface area contributed by atoms with Crippen molar-refractivity contribution in [1.82, 2.24) is 15.1 Å². The van der Waals surface area contributed by atoms with Crippen LogP contribution in [0.15, 0.2) is 4.99 Å². The minimum atomic E-state index is 0. The van der Waals surface area contributed by atoms with Crippen molar-refractivity contribution in [3.63, 3.8) is 0 Å². The molecule has 2 fully saturated rings. The first kappa shape index (κ1) is 22.0. The Morgan fingerprint density at radius 1 is 1.25 bits per heavy atom. The molecule has 5 heteroatoms. The van der Waals surface area contributed by atoms with Gasteiger partial charge in [0.2, 0.25) is 0 Å². The molecular weight excluding hydrogens is 411 g/mol. The summed E-state index contributed by atoms with van der Waals surface area (Å²) in [5.41, 5.74) is 0.468. The maximum absolute atomic E-state index is 4.57.